The third-order valence-corrected chi connectivity index (χ3v) is 3.43. The molecule has 134 valence electrons. The number of carbonyl (C=O) groups excluding carboxylic acids is 2. The van der Waals surface area contributed by atoms with Crippen molar-refractivity contribution in [1.29, 1.82) is 0 Å². The molecule has 0 aromatic heterocycles. The van der Waals surface area contributed by atoms with Crippen molar-refractivity contribution in [2.75, 3.05) is 40.9 Å². The number of likely N-dealkylation sites (N-methyl/N-ethyl adjacent to an activating group) is 1. The smallest absolute Gasteiger partial charge is 0.275 e. The van der Waals surface area contributed by atoms with E-state index >= 15 is 0 Å². The first kappa shape index (κ1) is 19.8. The predicted octanol–water partition coefficient (Wildman–Crippen LogP) is -0.639. The Kier molecular flexibility index (Phi) is 8.64. The fraction of sp³-hybridized carbons (Fsp3) is 0.529. The molecule has 0 saturated carbocycles. The Hall–Kier alpha value is -2.28. The van der Waals surface area contributed by atoms with E-state index in [9.17, 15) is 9.59 Å². The molecule has 0 saturated heterocycles. The number of hydrogen-bond acceptors (Lipinski definition) is 4. The second kappa shape index (κ2) is 10.5. The van der Waals surface area contributed by atoms with Crippen LogP contribution in [0, 0.1) is 0 Å². The number of carbonyl (C=O) groups is 2. The Balaban J connectivity index is 2.41. The topological polar surface area (TPSA) is 81.1 Å². The van der Waals surface area contributed by atoms with Gasteiger partial charge < -0.3 is 25.0 Å². The molecule has 0 aliphatic carbocycles. The maximum Gasteiger partial charge on any atom is 0.275 e. The lowest BCUT2D eigenvalue weighted by molar-refractivity contribution is -0.862. The van der Waals surface area contributed by atoms with Crippen LogP contribution in [0.2, 0.25) is 0 Å². The zero-order valence-electron chi connectivity index (χ0n) is 14.9. The van der Waals surface area contributed by atoms with Gasteiger partial charge in [-0.1, -0.05) is 13.0 Å². The SMILES string of the molecule is CCCNC(=O)C[NH+](C)CC(=O)NCc1ccc(OC)c(OC)c1. The first-order chi connectivity index (χ1) is 11.5. The molecule has 1 unspecified atom stereocenters. The molecule has 7 nitrogen and oxygen atoms in total. The number of hydrogen-bond donors (Lipinski definition) is 3. The van der Waals surface area contributed by atoms with Crippen LogP contribution in [0.1, 0.15) is 18.9 Å². The zero-order valence-corrected chi connectivity index (χ0v) is 14.9. The van der Waals surface area contributed by atoms with Gasteiger partial charge in [0.05, 0.1) is 21.3 Å². The van der Waals surface area contributed by atoms with Crippen LogP contribution in [0.5, 0.6) is 11.5 Å². The van der Waals surface area contributed by atoms with Crippen LogP contribution >= 0.6 is 0 Å². The maximum atomic E-state index is 12.0. The molecule has 1 rings (SSSR count). The van der Waals surface area contributed by atoms with Crippen molar-refractivity contribution in [2.24, 2.45) is 0 Å². The van der Waals surface area contributed by atoms with Crippen LogP contribution in [-0.4, -0.2) is 52.7 Å². The first-order valence-corrected chi connectivity index (χ1v) is 8.05. The summed E-state index contributed by atoms with van der Waals surface area (Å²) in [4.78, 5) is 24.4. The molecule has 24 heavy (non-hydrogen) atoms. The van der Waals surface area contributed by atoms with E-state index in [1.807, 2.05) is 26.1 Å². The Morgan fingerprint density at radius 1 is 1.04 bits per heavy atom. The standard InChI is InChI=1S/C17H27N3O4/c1-5-8-18-16(21)11-20(2)12-17(22)19-10-13-6-7-14(23-3)15(9-13)24-4/h6-7,9H,5,8,10-12H2,1-4H3,(H,18,21)(H,19,22)/p+1. The van der Waals surface area contributed by atoms with Crippen molar-refractivity contribution in [3.05, 3.63) is 23.8 Å². The molecule has 3 N–H and O–H groups in total. The molecular weight excluding hydrogens is 310 g/mol. The van der Waals surface area contributed by atoms with E-state index in [1.165, 1.54) is 0 Å². The number of ether oxygens (including phenoxy) is 2. The lowest BCUT2D eigenvalue weighted by Crippen LogP contribution is -3.11. The van der Waals surface area contributed by atoms with Crippen molar-refractivity contribution in [1.82, 2.24) is 10.6 Å². The van der Waals surface area contributed by atoms with Gasteiger partial charge >= 0.3 is 0 Å². The highest BCUT2D eigenvalue weighted by Crippen LogP contribution is 2.27. The second-order valence-corrected chi connectivity index (χ2v) is 5.63. The van der Waals surface area contributed by atoms with Crippen LogP contribution in [0.15, 0.2) is 18.2 Å². The van der Waals surface area contributed by atoms with E-state index < -0.39 is 0 Å². The summed E-state index contributed by atoms with van der Waals surface area (Å²) in [5, 5.41) is 5.65. The maximum absolute atomic E-state index is 12.0. The molecule has 1 aromatic rings. The third kappa shape index (κ3) is 6.87. The molecule has 0 spiro atoms. The number of quaternary nitrogens is 1. The lowest BCUT2D eigenvalue weighted by Gasteiger charge is -2.14. The minimum Gasteiger partial charge on any atom is -0.493 e. The highest BCUT2D eigenvalue weighted by atomic mass is 16.5. The average molecular weight is 338 g/mol. The summed E-state index contributed by atoms with van der Waals surface area (Å²) in [6.07, 6.45) is 0.899. The van der Waals surface area contributed by atoms with Crippen molar-refractivity contribution in [2.45, 2.75) is 19.9 Å². The summed E-state index contributed by atoms with van der Waals surface area (Å²) >= 11 is 0. The molecular formula is C17H28N3O4+. The summed E-state index contributed by atoms with van der Waals surface area (Å²) in [7, 11) is 4.97. The van der Waals surface area contributed by atoms with Crippen LogP contribution < -0.4 is 25.0 Å². The molecule has 0 bridgehead atoms. The van der Waals surface area contributed by atoms with Gasteiger partial charge in [-0.25, -0.2) is 0 Å². The van der Waals surface area contributed by atoms with Crippen LogP contribution in [0.4, 0.5) is 0 Å². The van der Waals surface area contributed by atoms with Crippen molar-refractivity contribution in [3.8, 4) is 11.5 Å². The molecule has 0 heterocycles. The number of amides is 2. The van der Waals surface area contributed by atoms with Gasteiger partial charge in [-0.3, -0.25) is 9.59 Å². The minimum absolute atomic E-state index is 0.0398. The van der Waals surface area contributed by atoms with Crippen molar-refractivity contribution in [3.63, 3.8) is 0 Å². The Morgan fingerprint density at radius 3 is 2.25 bits per heavy atom. The fourth-order valence-corrected chi connectivity index (χ4v) is 2.19. The second-order valence-electron chi connectivity index (χ2n) is 5.63. The van der Waals surface area contributed by atoms with E-state index in [4.69, 9.17) is 9.47 Å². The monoisotopic (exact) mass is 338 g/mol. The molecule has 0 radical (unpaired) electrons. The normalized spacial score (nSPS) is 11.5. The first-order valence-electron chi connectivity index (χ1n) is 8.05. The zero-order chi connectivity index (χ0) is 17.9. The van der Waals surface area contributed by atoms with Gasteiger partial charge in [0.1, 0.15) is 0 Å². The highest BCUT2D eigenvalue weighted by Gasteiger charge is 2.14. The summed E-state index contributed by atoms with van der Waals surface area (Å²) in [6.45, 7) is 3.58. The largest absolute Gasteiger partial charge is 0.493 e. The number of methoxy groups -OCH3 is 2. The summed E-state index contributed by atoms with van der Waals surface area (Å²) < 4.78 is 10.4. The molecule has 1 atom stereocenters. The van der Waals surface area contributed by atoms with E-state index in [1.54, 1.807) is 20.3 Å². The van der Waals surface area contributed by atoms with Gasteiger partial charge in [0.25, 0.3) is 11.8 Å². The molecule has 0 fully saturated rings. The highest BCUT2D eigenvalue weighted by molar-refractivity contribution is 5.78. The molecule has 2 amide bonds. The third-order valence-electron chi connectivity index (χ3n) is 3.43. The summed E-state index contributed by atoms with van der Waals surface area (Å²) in [6, 6.07) is 5.50. The Labute approximate surface area is 143 Å². The van der Waals surface area contributed by atoms with E-state index in [0.29, 0.717) is 24.6 Å². The van der Waals surface area contributed by atoms with E-state index in [0.717, 1.165) is 16.9 Å². The fourth-order valence-electron chi connectivity index (χ4n) is 2.19. The number of nitrogens with one attached hydrogen (secondary N) is 3. The van der Waals surface area contributed by atoms with Gasteiger partial charge in [0, 0.05) is 13.1 Å². The number of benzene rings is 1. The van der Waals surface area contributed by atoms with Gasteiger partial charge in [-0.05, 0) is 24.1 Å². The van der Waals surface area contributed by atoms with Gasteiger partial charge in [0.15, 0.2) is 24.6 Å². The molecule has 7 heteroatoms. The van der Waals surface area contributed by atoms with Gasteiger partial charge in [0.2, 0.25) is 0 Å². The molecule has 0 aliphatic rings. The predicted molar refractivity (Wildman–Crippen MR) is 91.3 cm³/mol. The van der Waals surface area contributed by atoms with Gasteiger partial charge in [-0.2, -0.15) is 0 Å². The summed E-state index contributed by atoms with van der Waals surface area (Å²) in [5.74, 6) is 1.13. The molecule has 1 aromatic carbocycles. The number of rotatable bonds is 10. The van der Waals surface area contributed by atoms with Crippen LogP contribution in [-0.2, 0) is 16.1 Å². The van der Waals surface area contributed by atoms with Crippen LogP contribution in [0.3, 0.4) is 0 Å². The van der Waals surface area contributed by atoms with Crippen LogP contribution in [0.25, 0.3) is 0 Å². The Bertz CT molecular complexity index is 549. The summed E-state index contributed by atoms with van der Waals surface area (Å²) in [5.41, 5.74) is 0.916. The van der Waals surface area contributed by atoms with Gasteiger partial charge in [-0.15, -0.1) is 0 Å². The Morgan fingerprint density at radius 2 is 1.67 bits per heavy atom. The minimum atomic E-state index is -0.106. The van der Waals surface area contributed by atoms with Crippen molar-refractivity contribution >= 4 is 11.8 Å². The lowest BCUT2D eigenvalue weighted by atomic mass is 10.2. The average Bonchev–Trinajstić information content (AvgIpc) is 2.57. The quantitative estimate of drug-likeness (QED) is 0.530. The molecule has 0 aliphatic heterocycles. The van der Waals surface area contributed by atoms with E-state index in [-0.39, 0.29) is 24.9 Å². The van der Waals surface area contributed by atoms with Crippen molar-refractivity contribution < 1.29 is 24.0 Å². The van der Waals surface area contributed by atoms with E-state index in [2.05, 4.69) is 10.6 Å².